The van der Waals surface area contributed by atoms with Crippen molar-refractivity contribution in [3.8, 4) is 5.75 Å². The lowest BCUT2D eigenvalue weighted by molar-refractivity contribution is -0.244. The van der Waals surface area contributed by atoms with E-state index in [2.05, 4.69) is 10.0 Å². The van der Waals surface area contributed by atoms with Gasteiger partial charge in [0.1, 0.15) is 5.75 Å². The molecule has 0 aliphatic heterocycles. The summed E-state index contributed by atoms with van der Waals surface area (Å²) in [5.74, 6) is -0.759. The predicted molar refractivity (Wildman–Crippen MR) is 120 cm³/mol. The average Bonchev–Trinajstić information content (AvgIpc) is 3.28. The molecule has 2 N–H and O–H groups in total. The molecule has 1 amide bonds. The normalized spacial score (nSPS) is 23.9. The standard InChI is InChI=1S/C22H23F3N2O6S2/c1-33-14-3-8-17(20(28)26-19-12-21(22(23,24)25)10-13(19)11-21)18(9-14)27-35(31,32)16-6-4-15(5-7-16)34(2,29)30/h3-9,13,19,27H,10-12H2,1-2H3,(H,26,28). The maximum absolute atomic E-state index is 13.4. The molecule has 0 radical (unpaired) electrons. The fourth-order valence-corrected chi connectivity index (χ4v) is 6.45. The van der Waals surface area contributed by atoms with Gasteiger partial charge < -0.3 is 10.1 Å². The number of carbonyl (C=O) groups is 1. The Morgan fingerprint density at radius 1 is 1.00 bits per heavy atom. The van der Waals surface area contributed by atoms with Crippen LogP contribution in [-0.2, 0) is 19.9 Å². The van der Waals surface area contributed by atoms with Gasteiger partial charge in [-0.3, -0.25) is 9.52 Å². The molecule has 0 aromatic heterocycles. The highest BCUT2D eigenvalue weighted by atomic mass is 32.2. The van der Waals surface area contributed by atoms with Crippen LogP contribution >= 0.6 is 0 Å². The van der Waals surface area contributed by atoms with Crippen molar-refractivity contribution in [1.29, 1.82) is 0 Å². The van der Waals surface area contributed by atoms with E-state index in [1.165, 1.54) is 25.3 Å². The summed E-state index contributed by atoms with van der Waals surface area (Å²) in [6, 6.07) is 7.87. The number of alkyl halides is 3. The zero-order valence-corrected chi connectivity index (χ0v) is 20.4. The molecule has 1 atom stereocenters. The van der Waals surface area contributed by atoms with Crippen LogP contribution in [0.5, 0.6) is 5.75 Å². The van der Waals surface area contributed by atoms with Crippen molar-refractivity contribution in [2.75, 3.05) is 18.1 Å². The second-order valence-corrected chi connectivity index (χ2v) is 12.7. The number of carbonyl (C=O) groups excluding carboxylic acids is 1. The van der Waals surface area contributed by atoms with Gasteiger partial charge in [0.05, 0.1) is 33.6 Å². The topological polar surface area (TPSA) is 119 Å². The Bertz CT molecular complexity index is 1370. The number of anilines is 1. The summed E-state index contributed by atoms with van der Waals surface area (Å²) >= 11 is 0. The quantitative estimate of drug-likeness (QED) is 0.565. The number of rotatable bonds is 7. The third kappa shape index (κ3) is 4.70. The van der Waals surface area contributed by atoms with Gasteiger partial charge in [-0.25, -0.2) is 16.8 Å². The van der Waals surface area contributed by atoms with Crippen LogP contribution in [0.15, 0.2) is 52.3 Å². The number of hydrogen-bond acceptors (Lipinski definition) is 6. The van der Waals surface area contributed by atoms with Crippen molar-refractivity contribution in [3.63, 3.8) is 0 Å². The molecule has 0 spiro atoms. The molecule has 1 unspecified atom stereocenters. The highest BCUT2D eigenvalue weighted by Crippen LogP contribution is 2.65. The maximum atomic E-state index is 13.4. The summed E-state index contributed by atoms with van der Waals surface area (Å²) in [5.41, 5.74) is -1.99. The SMILES string of the molecule is COc1ccc(C(=O)NC2CC3(C(F)(F)F)CC2C3)c(NS(=O)(=O)c2ccc(S(C)(=O)=O)cc2)c1. The first kappa shape index (κ1) is 25.3. The van der Waals surface area contributed by atoms with Gasteiger partial charge in [0.15, 0.2) is 9.84 Å². The number of sulfone groups is 1. The van der Waals surface area contributed by atoms with E-state index in [4.69, 9.17) is 4.74 Å². The molecule has 0 saturated heterocycles. The van der Waals surface area contributed by atoms with E-state index in [9.17, 15) is 34.8 Å². The van der Waals surface area contributed by atoms with Gasteiger partial charge in [-0.2, -0.15) is 13.2 Å². The van der Waals surface area contributed by atoms with Crippen molar-refractivity contribution >= 4 is 31.5 Å². The number of fused-ring (bicyclic) bond motifs is 1. The summed E-state index contributed by atoms with van der Waals surface area (Å²) in [4.78, 5) is 12.7. The van der Waals surface area contributed by atoms with Crippen LogP contribution in [0, 0.1) is 11.3 Å². The molecule has 35 heavy (non-hydrogen) atoms. The summed E-state index contributed by atoms with van der Waals surface area (Å²) in [7, 11) is -6.43. The Balaban J connectivity index is 1.58. The van der Waals surface area contributed by atoms with Crippen LogP contribution in [0.4, 0.5) is 18.9 Å². The van der Waals surface area contributed by atoms with Gasteiger partial charge in [-0.05, 0) is 61.6 Å². The third-order valence-electron chi connectivity index (χ3n) is 6.68. The summed E-state index contributed by atoms with van der Waals surface area (Å²) in [6.07, 6.45) is -3.63. The highest BCUT2D eigenvalue weighted by molar-refractivity contribution is 7.92. The molecule has 190 valence electrons. The number of amides is 1. The molecule has 2 aromatic carbocycles. The van der Waals surface area contributed by atoms with E-state index < -0.39 is 43.4 Å². The molecular weight excluding hydrogens is 509 g/mol. The van der Waals surface area contributed by atoms with E-state index in [0.29, 0.717) is 0 Å². The lowest BCUT2D eigenvalue weighted by Gasteiger charge is -2.39. The number of ether oxygens (including phenoxy) is 1. The number of methoxy groups -OCH3 is 1. The number of hydrogen-bond donors (Lipinski definition) is 2. The van der Waals surface area contributed by atoms with Crippen molar-refractivity contribution in [1.82, 2.24) is 5.32 Å². The molecule has 13 heteroatoms. The first-order chi connectivity index (χ1) is 16.1. The van der Waals surface area contributed by atoms with Crippen molar-refractivity contribution in [2.45, 2.75) is 41.3 Å². The largest absolute Gasteiger partial charge is 0.497 e. The van der Waals surface area contributed by atoms with Gasteiger partial charge in [-0.1, -0.05) is 0 Å². The zero-order valence-electron chi connectivity index (χ0n) is 18.7. The smallest absolute Gasteiger partial charge is 0.394 e. The lowest BCUT2D eigenvalue weighted by atomic mass is 9.69. The Morgan fingerprint density at radius 3 is 2.11 bits per heavy atom. The minimum absolute atomic E-state index is 0.0347. The van der Waals surface area contributed by atoms with Gasteiger partial charge in [-0.15, -0.1) is 0 Å². The first-order valence-corrected chi connectivity index (χ1v) is 13.9. The molecular formula is C22H23F3N2O6S2. The summed E-state index contributed by atoms with van der Waals surface area (Å²) in [5, 5.41) is 2.63. The number of sulfonamides is 1. The molecule has 2 aromatic rings. The van der Waals surface area contributed by atoms with E-state index >= 15 is 0 Å². The number of halogens is 3. The van der Waals surface area contributed by atoms with Crippen LogP contribution in [0.1, 0.15) is 29.6 Å². The summed E-state index contributed by atoms with van der Waals surface area (Å²) < 4.78 is 96.6. The number of benzene rings is 2. The molecule has 3 saturated carbocycles. The van der Waals surface area contributed by atoms with Crippen LogP contribution in [0.2, 0.25) is 0 Å². The molecule has 8 nitrogen and oxygen atoms in total. The Labute approximate surface area is 200 Å². The lowest BCUT2D eigenvalue weighted by Crippen LogP contribution is -2.42. The molecule has 5 rings (SSSR count). The Hall–Kier alpha value is -2.80. The van der Waals surface area contributed by atoms with Gasteiger partial charge in [0, 0.05) is 18.4 Å². The molecule has 3 aliphatic carbocycles. The van der Waals surface area contributed by atoms with Crippen LogP contribution in [-0.4, -0.2) is 48.3 Å². The third-order valence-corrected chi connectivity index (χ3v) is 9.19. The number of nitrogens with one attached hydrogen (secondary N) is 2. The maximum Gasteiger partial charge on any atom is 0.394 e. The zero-order chi connectivity index (χ0) is 25.8. The van der Waals surface area contributed by atoms with E-state index in [-0.39, 0.29) is 52.0 Å². The second-order valence-electron chi connectivity index (χ2n) is 8.99. The molecule has 3 aliphatic rings. The van der Waals surface area contributed by atoms with Gasteiger partial charge in [0.2, 0.25) is 0 Å². The van der Waals surface area contributed by atoms with E-state index in [0.717, 1.165) is 30.5 Å². The second kappa shape index (κ2) is 8.40. The van der Waals surface area contributed by atoms with Crippen LogP contribution in [0.3, 0.4) is 0 Å². The fraction of sp³-hybridized carbons (Fsp3) is 0.409. The molecule has 3 fully saturated rings. The van der Waals surface area contributed by atoms with Gasteiger partial charge in [0.25, 0.3) is 15.9 Å². The van der Waals surface area contributed by atoms with Crippen molar-refractivity contribution in [3.05, 3.63) is 48.0 Å². The molecule has 2 bridgehead atoms. The van der Waals surface area contributed by atoms with E-state index in [1.807, 2.05) is 0 Å². The predicted octanol–water partition coefficient (Wildman–Crippen LogP) is 3.36. The first-order valence-electron chi connectivity index (χ1n) is 10.5. The minimum atomic E-state index is -4.34. The van der Waals surface area contributed by atoms with E-state index in [1.54, 1.807) is 0 Å². The van der Waals surface area contributed by atoms with Crippen molar-refractivity contribution in [2.24, 2.45) is 11.3 Å². The highest BCUT2D eigenvalue weighted by Gasteiger charge is 2.69. The Kier molecular flexibility index (Phi) is 6.07. The summed E-state index contributed by atoms with van der Waals surface area (Å²) in [6.45, 7) is 0. The van der Waals surface area contributed by atoms with Crippen molar-refractivity contribution < 1.29 is 39.5 Å². The minimum Gasteiger partial charge on any atom is -0.497 e. The Morgan fingerprint density at radius 2 is 1.60 bits per heavy atom. The van der Waals surface area contributed by atoms with Gasteiger partial charge >= 0.3 is 6.18 Å². The monoisotopic (exact) mass is 532 g/mol. The molecule has 0 heterocycles. The van der Waals surface area contributed by atoms with Crippen LogP contribution in [0.25, 0.3) is 0 Å². The van der Waals surface area contributed by atoms with Crippen LogP contribution < -0.4 is 14.8 Å². The fourth-order valence-electron chi connectivity index (χ4n) is 4.75. The average molecular weight is 533 g/mol.